The van der Waals surface area contributed by atoms with Gasteiger partial charge in [-0.1, -0.05) is 24.6 Å². The van der Waals surface area contributed by atoms with E-state index in [1.165, 1.54) is 18.4 Å². The van der Waals surface area contributed by atoms with Gasteiger partial charge in [0.05, 0.1) is 0 Å². The SMILES string of the molecule is Cc1cc(CN2CCC(C)CC2)c(C)c(-c2cc(C)[nH]c(=O)c2C#N)c1. The van der Waals surface area contributed by atoms with Gasteiger partial charge in [-0.25, -0.2) is 0 Å². The monoisotopic (exact) mass is 349 g/mol. The van der Waals surface area contributed by atoms with Crippen LogP contribution in [0.3, 0.4) is 0 Å². The zero-order valence-electron chi connectivity index (χ0n) is 16.1. The molecule has 2 heterocycles. The highest BCUT2D eigenvalue weighted by atomic mass is 16.1. The molecule has 1 aromatic carbocycles. The van der Waals surface area contributed by atoms with Crippen LogP contribution in [0, 0.1) is 38.0 Å². The molecule has 1 aromatic heterocycles. The molecule has 0 atom stereocenters. The van der Waals surface area contributed by atoms with E-state index in [1.54, 1.807) is 0 Å². The molecule has 0 unspecified atom stereocenters. The molecule has 0 radical (unpaired) electrons. The molecule has 4 nitrogen and oxygen atoms in total. The molecule has 1 fully saturated rings. The summed E-state index contributed by atoms with van der Waals surface area (Å²) < 4.78 is 0. The molecular weight excluding hydrogens is 322 g/mol. The summed E-state index contributed by atoms with van der Waals surface area (Å²) in [6.45, 7) is 11.6. The van der Waals surface area contributed by atoms with Crippen molar-refractivity contribution in [2.45, 2.75) is 47.1 Å². The average Bonchev–Trinajstić information content (AvgIpc) is 2.59. The summed E-state index contributed by atoms with van der Waals surface area (Å²) in [5, 5.41) is 9.49. The average molecular weight is 349 g/mol. The first-order valence-corrected chi connectivity index (χ1v) is 9.36. The molecule has 0 amide bonds. The summed E-state index contributed by atoms with van der Waals surface area (Å²) >= 11 is 0. The van der Waals surface area contributed by atoms with Crippen LogP contribution in [-0.4, -0.2) is 23.0 Å². The fraction of sp³-hybridized carbons (Fsp3) is 0.455. The summed E-state index contributed by atoms with van der Waals surface area (Å²) in [6.07, 6.45) is 2.51. The zero-order valence-corrected chi connectivity index (χ0v) is 16.1. The first-order valence-electron chi connectivity index (χ1n) is 9.36. The molecule has 1 aliphatic heterocycles. The Morgan fingerprint density at radius 2 is 1.85 bits per heavy atom. The molecule has 1 N–H and O–H groups in total. The van der Waals surface area contributed by atoms with E-state index in [2.05, 4.69) is 48.9 Å². The predicted octanol–water partition coefficient (Wildman–Crippen LogP) is 4.07. The van der Waals surface area contributed by atoms with Gasteiger partial charge in [0.2, 0.25) is 0 Å². The van der Waals surface area contributed by atoms with Crippen molar-refractivity contribution in [1.29, 1.82) is 5.26 Å². The molecule has 4 heteroatoms. The molecule has 1 saturated heterocycles. The lowest BCUT2D eigenvalue weighted by Gasteiger charge is -2.31. The number of nitrogens with one attached hydrogen (secondary N) is 1. The highest BCUT2D eigenvalue weighted by Gasteiger charge is 2.19. The van der Waals surface area contributed by atoms with Crippen LogP contribution in [0.4, 0.5) is 0 Å². The molecule has 0 spiro atoms. The van der Waals surface area contributed by atoms with Crippen LogP contribution in [0.15, 0.2) is 23.0 Å². The van der Waals surface area contributed by atoms with Crippen LogP contribution >= 0.6 is 0 Å². The maximum Gasteiger partial charge on any atom is 0.266 e. The Balaban J connectivity index is 2.04. The van der Waals surface area contributed by atoms with Gasteiger partial charge in [-0.05, 0) is 75.4 Å². The van der Waals surface area contributed by atoms with Crippen LogP contribution in [0.1, 0.15) is 47.7 Å². The third-order valence-electron chi connectivity index (χ3n) is 5.50. The summed E-state index contributed by atoms with van der Waals surface area (Å²) in [4.78, 5) is 17.5. The van der Waals surface area contributed by atoms with Gasteiger partial charge in [-0.2, -0.15) is 5.26 Å². The van der Waals surface area contributed by atoms with Gasteiger partial charge < -0.3 is 4.98 Å². The van der Waals surface area contributed by atoms with E-state index in [0.717, 1.165) is 53.5 Å². The van der Waals surface area contributed by atoms with Crippen LogP contribution in [0.25, 0.3) is 11.1 Å². The van der Waals surface area contributed by atoms with Crippen molar-refractivity contribution in [1.82, 2.24) is 9.88 Å². The molecule has 3 rings (SSSR count). The minimum atomic E-state index is -0.310. The molecular formula is C22H27N3O. The molecule has 136 valence electrons. The van der Waals surface area contributed by atoms with Crippen molar-refractivity contribution < 1.29 is 0 Å². The van der Waals surface area contributed by atoms with Crippen LogP contribution in [0.2, 0.25) is 0 Å². The third-order valence-corrected chi connectivity index (χ3v) is 5.50. The van der Waals surface area contributed by atoms with Crippen molar-refractivity contribution in [2.24, 2.45) is 5.92 Å². The Morgan fingerprint density at radius 1 is 1.15 bits per heavy atom. The Labute approximate surface area is 155 Å². The number of aryl methyl sites for hydroxylation is 2. The minimum Gasteiger partial charge on any atom is -0.325 e. The number of piperidine rings is 1. The van der Waals surface area contributed by atoms with E-state index in [1.807, 2.05) is 13.0 Å². The Bertz CT molecular complexity index is 912. The van der Waals surface area contributed by atoms with Gasteiger partial charge in [0.15, 0.2) is 0 Å². The van der Waals surface area contributed by atoms with E-state index in [9.17, 15) is 10.1 Å². The molecule has 1 aliphatic rings. The second-order valence-corrected chi connectivity index (χ2v) is 7.74. The third kappa shape index (κ3) is 3.73. The van der Waals surface area contributed by atoms with Crippen molar-refractivity contribution in [3.8, 4) is 17.2 Å². The lowest BCUT2D eigenvalue weighted by Crippen LogP contribution is -2.32. The second-order valence-electron chi connectivity index (χ2n) is 7.74. The van der Waals surface area contributed by atoms with Gasteiger partial charge >= 0.3 is 0 Å². The molecule has 2 aromatic rings. The number of pyridine rings is 1. The lowest BCUT2D eigenvalue weighted by atomic mass is 9.91. The second kappa shape index (κ2) is 7.47. The fourth-order valence-electron chi connectivity index (χ4n) is 3.85. The van der Waals surface area contributed by atoms with Gasteiger partial charge in [-0.3, -0.25) is 9.69 Å². The van der Waals surface area contributed by atoms with E-state index in [0.29, 0.717) is 0 Å². The number of aromatic nitrogens is 1. The van der Waals surface area contributed by atoms with Crippen LogP contribution in [-0.2, 0) is 6.54 Å². The van der Waals surface area contributed by atoms with Crippen LogP contribution in [0.5, 0.6) is 0 Å². The van der Waals surface area contributed by atoms with Crippen molar-refractivity contribution >= 4 is 0 Å². The van der Waals surface area contributed by atoms with Crippen molar-refractivity contribution in [3.05, 3.63) is 56.5 Å². The van der Waals surface area contributed by atoms with Crippen LogP contribution < -0.4 is 5.56 Å². The van der Waals surface area contributed by atoms with Gasteiger partial charge in [0.1, 0.15) is 11.6 Å². The Morgan fingerprint density at radius 3 is 2.50 bits per heavy atom. The zero-order chi connectivity index (χ0) is 18.8. The topological polar surface area (TPSA) is 59.9 Å². The predicted molar refractivity (Wildman–Crippen MR) is 105 cm³/mol. The number of aromatic amines is 1. The van der Waals surface area contributed by atoms with Gasteiger partial charge in [0.25, 0.3) is 5.56 Å². The first kappa shape index (κ1) is 18.4. The fourth-order valence-corrected chi connectivity index (χ4v) is 3.85. The summed E-state index contributed by atoms with van der Waals surface area (Å²) in [6, 6.07) is 8.33. The number of nitriles is 1. The maximum absolute atomic E-state index is 12.2. The van der Waals surface area contributed by atoms with Crippen molar-refractivity contribution in [3.63, 3.8) is 0 Å². The molecule has 26 heavy (non-hydrogen) atoms. The normalized spacial score (nSPS) is 15.8. The number of likely N-dealkylation sites (tertiary alicyclic amines) is 1. The minimum absolute atomic E-state index is 0.196. The summed E-state index contributed by atoms with van der Waals surface area (Å²) in [5.74, 6) is 0.817. The van der Waals surface area contributed by atoms with Crippen molar-refractivity contribution in [2.75, 3.05) is 13.1 Å². The molecule has 0 bridgehead atoms. The lowest BCUT2D eigenvalue weighted by molar-refractivity contribution is 0.185. The Kier molecular flexibility index (Phi) is 5.29. The van der Waals surface area contributed by atoms with E-state index in [4.69, 9.17) is 0 Å². The molecule has 0 saturated carbocycles. The number of hydrogen-bond acceptors (Lipinski definition) is 3. The highest BCUT2D eigenvalue weighted by Crippen LogP contribution is 2.30. The largest absolute Gasteiger partial charge is 0.325 e. The first-order chi connectivity index (χ1) is 12.4. The number of rotatable bonds is 3. The number of hydrogen-bond donors (Lipinski definition) is 1. The number of nitrogens with zero attached hydrogens (tertiary/aromatic N) is 2. The quantitative estimate of drug-likeness (QED) is 0.908. The van der Waals surface area contributed by atoms with Gasteiger partial charge in [-0.15, -0.1) is 0 Å². The number of H-pyrrole nitrogens is 1. The van der Waals surface area contributed by atoms with E-state index >= 15 is 0 Å². The summed E-state index contributed by atoms with van der Waals surface area (Å²) in [5.41, 5.74) is 6.01. The summed E-state index contributed by atoms with van der Waals surface area (Å²) in [7, 11) is 0. The standard InChI is InChI=1S/C22H27N3O/c1-14-5-7-25(8-6-14)13-18-9-15(2)10-19(17(18)4)20-11-16(3)24-22(26)21(20)12-23/h9-11,14H,5-8,13H2,1-4H3,(H,24,26). The van der Waals surface area contributed by atoms with E-state index < -0.39 is 0 Å². The number of benzene rings is 1. The highest BCUT2D eigenvalue weighted by molar-refractivity contribution is 5.74. The molecule has 0 aliphatic carbocycles. The maximum atomic E-state index is 12.2. The van der Waals surface area contributed by atoms with Gasteiger partial charge in [0, 0.05) is 17.8 Å². The van der Waals surface area contributed by atoms with E-state index in [-0.39, 0.29) is 11.1 Å². The smallest absolute Gasteiger partial charge is 0.266 e. The Hall–Kier alpha value is -2.38.